The maximum atomic E-state index is 14.7. The average molecular weight is 439 g/mol. The van der Waals surface area contributed by atoms with Gasteiger partial charge in [-0.05, 0) is 12.1 Å². The van der Waals surface area contributed by atoms with E-state index in [2.05, 4.69) is 24.8 Å². The molecular weight excluding hydrogens is 419 g/mol. The maximum Gasteiger partial charge on any atom is 0.329 e. The summed E-state index contributed by atoms with van der Waals surface area (Å²) in [5.74, 6) is -2.10. The van der Waals surface area contributed by atoms with Crippen LogP contribution in [0.15, 0.2) is 24.5 Å². The highest BCUT2D eigenvalue weighted by atomic mass is 35.5. The van der Waals surface area contributed by atoms with E-state index >= 15 is 0 Å². The van der Waals surface area contributed by atoms with Crippen molar-refractivity contribution in [2.75, 3.05) is 20.8 Å². The van der Waals surface area contributed by atoms with Gasteiger partial charge in [0.05, 0.1) is 32.7 Å². The zero-order valence-corrected chi connectivity index (χ0v) is 17.0. The first-order valence-corrected chi connectivity index (χ1v) is 9.42. The first kappa shape index (κ1) is 21.6. The fourth-order valence-corrected chi connectivity index (χ4v) is 3.51. The van der Waals surface area contributed by atoms with Crippen molar-refractivity contribution in [1.29, 1.82) is 0 Å². The van der Waals surface area contributed by atoms with Gasteiger partial charge in [-0.25, -0.2) is 19.0 Å². The highest BCUT2D eigenvalue weighted by Crippen LogP contribution is 2.35. The van der Waals surface area contributed by atoms with E-state index in [9.17, 15) is 18.8 Å². The molecule has 1 aromatic carbocycles. The van der Waals surface area contributed by atoms with Crippen LogP contribution in [0.25, 0.3) is 0 Å². The quantitative estimate of drug-likeness (QED) is 0.690. The summed E-state index contributed by atoms with van der Waals surface area (Å²) in [6, 6.07) is 1.37. The summed E-state index contributed by atoms with van der Waals surface area (Å²) in [7, 11) is 2.31. The number of aromatic amines is 1. The molecule has 0 aliphatic carbocycles. The molecule has 2 heterocycles. The highest BCUT2D eigenvalue weighted by Gasteiger charge is 2.37. The Morgan fingerprint density at radius 3 is 2.80 bits per heavy atom. The topological polar surface area (TPSA) is 114 Å². The van der Waals surface area contributed by atoms with Crippen LogP contribution in [0.3, 0.4) is 0 Å². The van der Waals surface area contributed by atoms with Gasteiger partial charge in [0.2, 0.25) is 0 Å². The number of carbonyl (C=O) groups excluding carboxylic acids is 3. The zero-order chi connectivity index (χ0) is 21.8. The molecule has 1 aromatic heterocycles. The van der Waals surface area contributed by atoms with E-state index in [1.165, 1.54) is 30.5 Å². The van der Waals surface area contributed by atoms with E-state index in [0.29, 0.717) is 12.1 Å². The predicted molar refractivity (Wildman–Crippen MR) is 103 cm³/mol. The number of methoxy groups -OCH3 is 2. The van der Waals surface area contributed by atoms with Gasteiger partial charge in [0.15, 0.2) is 0 Å². The fraction of sp³-hybridized carbons (Fsp3) is 0.368. The lowest BCUT2D eigenvalue weighted by molar-refractivity contribution is -0.149. The Labute approximate surface area is 176 Å². The number of benzene rings is 1. The molecule has 2 N–H and O–H groups in total. The number of urea groups is 1. The molecule has 0 saturated heterocycles. The Balaban J connectivity index is 1.93. The van der Waals surface area contributed by atoms with Crippen molar-refractivity contribution in [3.8, 4) is 0 Å². The van der Waals surface area contributed by atoms with E-state index in [4.69, 9.17) is 11.6 Å². The lowest BCUT2D eigenvalue weighted by Crippen LogP contribution is -2.52. The molecule has 11 heteroatoms. The smallest absolute Gasteiger partial charge is 0.329 e. The molecule has 2 amide bonds. The van der Waals surface area contributed by atoms with Crippen molar-refractivity contribution in [3.63, 3.8) is 0 Å². The van der Waals surface area contributed by atoms with E-state index in [1.54, 1.807) is 0 Å². The van der Waals surface area contributed by atoms with Crippen LogP contribution in [0.2, 0.25) is 5.02 Å². The summed E-state index contributed by atoms with van der Waals surface area (Å²) in [6.45, 7) is 0.222. The third kappa shape index (κ3) is 4.38. The molecule has 1 unspecified atom stereocenters. The van der Waals surface area contributed by atoms with Gasteiger partial charge in [0, 0.05) is 29.2 Å². The lowest BCUT2D eigenvalue weighted by Gasteiger charge is -2.36. The number of amides is 2. The first-order valence-electron chi connectivity index (χ1n) is 9.04. The molecule has 3 rings (SSSR count). The number of nitrogens with zero attached hydrogens (tertiary/aromatic N) is 2. The van der Waals surface area contributed by atoms with Gasteiger partial charge in [-0.15, -0.1) is 0 Å². The maximum absolute atomic E-state index is 14.7. The number of esters is 2. The molecule has 2 aromatic rings. The Kier molecular flexibility index (Phi) is 6.56. The minimum absolute atomic E-state index is 0.199. The summed E-state index contributed by atoms with van der Waals surface area (Å²) in [4.78, 5) is 45.3. The van der Waals surface area contributed by atoms with Crippen LogP contribution in [-0.4, -0.2) is 59.6 Å². The third-order valence-electron chi connectivity index (χ3n) is 4.82. The minimum Gasteiger partial charge on any atom is -0.469 e. The van der Waals surface area contributed by atoms with Crippen molar-refractivity contribution in [1.82, 2.24) is 20.2 Å². The van der Waals surface area contributed by atoms with Crippen LogP contribution >= 0.6 is 11.6 Å². The number of nitrogens with one attached hydrogen (secondary N) is 2. The number of hydrogen-bond donors (Lipinski definition) is 2. The Hall–Kier alpha value is -3.14. The van der Waals surface area contributed by atoms with Gasteiger partial charge in [-0.3, -0.25) is 4.79 Å². The van der Waals surface area contributed by atoms with Gasteiger partial charge in [-0.2, -0.15) is 0 Å². The number of halogens is 2. The molecule has 1 aliphatic rings. The minimum atomic E-state index is -1.26. The fourth-order valence-electron chi connectivity index (χ4n) is 3.35. The van der Waals surface area contributed by atoms with Crippen molar-refractivity contribution in [2.24, 2.45) is 0 Å². The summed E-state index contributed by atoms with van der Waals surface area (Å²) in [6.07, 6.45) is 1.52. The van der Waals surface area contributed by atoms with Crippen LogP contribution in [0.5, 0.6) is 0 Å². The predicted octanol–water partition coefficient (Wildman–Crippen LogP) is 1.96. The van der Waals surface area contributed by atoms with Crippen LogP contribution in [0.4, 0.5) is 9.18 Å². The second-order valence-electron chi connectivity index (χ2n) is 6.58. The molecule has 0 saturated carbocycles. The standard InChI is InChI=1S/C19H20ClFN4O5/c1-29-15(26)8-14(18(27)30-2)24-19(28)25-6-5-13-16(23-9-22-13)17(25)11-4-3-10(20)7-12(11)21/h3-4,7,9,14,17H,5-6,8H2,1-2H3,(H,22,23)(H,24,28)/t14-,17?/m1/s1. The molecule has 0 spiro atoms. The SMILES string of the molecule is COC(=O)C[C@@H](NC(=O)N1CCc2[nH]cnc2C1c1ccc(Cl)cc1F)C(=O)OC. The summed E-state index contributed by atoms with van der Waals surface area (Å²) >= 11 is 5.87. The van der Waals surface area contributed by atoms with Crippen molar-refractivity contribution >= 4 is 29.6 Å². The number of rotatable bonds is 5. The van der Waals surface area contributed by atoms with Gasteiger partial charge in [0.25, 0.3) is 0 Å². The van der Waals surface area contributed by atoms with Gasteiger partial charge < -0.3 is 24.7 Å². The molecule has 0 fully saturated rings. The van der Waals surface area contributed by atoms with E-state index in [-0.39, 0.29) is 17.1 Å². The van der Waals surface area contributed by atoms with E-state index < -0.39 is 42.3 Å². The number of H-pyrrole nitrogens is 1. The number of hydrogen-bond acceptors (Lipinski definition) is 6. The number of fused-ring (bicyclic) bond motifs is 1. The molecule has 0 radical (unpaired) electrons. The largest absolute Gasteiger partial charge is 0.469 e. The van der Waals surface area contributed by atoms with Crippen molar-refractivity contribution in [3.05, 3.63) is 52.3 Å². The number of aromatic nitrogens is 2. The summed E-state index contributed by atoms with van der Waals surface area (Å²) in [5, 5.41) is 2.70. The molecular formula is C19H20ClFN4O5. The van der Waals surface area contributed by atoms with E-state index in [0.717, 1.165) is 18.9 Å². The number of carbonyl (C=O) groups is 3. The van der Waals surface area contributed by atoms with Crippen molar-refractivity contribution in [2.45, 2.75) is 24.9 Å². The monoisotopic (exact) mass is 438 g/mol. The number of imidazole rings is 1. The molecule has 160 valence electrons. The number of ether oxygens (including phenoxy) is 2. The third-order valence-corrected chi connectivity index (χ3v) is 5.06. The second-order valence-corrected chi connectivity index (χ2v) is 7.02. The molecule has 0 bridgehead atoms. The molecule has 1 aliphatic heterocycles. The molecule has 2 atom stereocenters. The van der Waals surface area contributed by atoms with E-state index in [1.807, 2.05) is 0 Å². The Bertz CT molecular complexity index is 966. The Morgan fingerprint density at radius 1 is 1.37 bits per heavy atom. The van der Waals surface area contributed by atoms with Crippen LogP contribution in [-0.2, 0) is 25.5 Å². The summed E-state index contributed by atoms with van der Waals surface area (Å²) in [5.41, 5.74) is 1.46. The normalized spacial score (nSPS) is 16.4. The zero-order valence-electron chi connectivity index (χ0n) is 16.3. The molecule has 9 nitrogen and oxygen atoms in total. The van der Waals surface area contributed by atoms with Crippen LogP contribution in [0.1, 0.15) is 29.4 Å². The lowest BCUT2D eigenvalue weighted by atomic mass is 9.95. The first-order chi connectivity index (χ1) is 14.3. The van der Waals surface area contributed by atoms with Crippen molar-refractivity contribution < 1.29 is 28.2 Å². The average Bonchev–Trinajstić information content (AvgIpc) is 3.21. The van der Waals surface area contributed by atoms with Gasteiger partial charge in [0.1, 0.15) is 17.9 Å². The highest BCUT2D eigenvalue weighted by molar-refractivity contribution is 6.30. The second kappa shape index (κ2) is 9.12. The van der Waals surface area contributed by atoms with Gasteiger partial charge in [-0.1, -0.05) is 17.7 Å². The summed E-state index contributed by atoms with van der Waals surface area (Å²) < 4.78 is 23.9. The Morgan fingerprint density at radius 2 is 2.13 bits per heavy atom. The van der Waals surface area contributed by atoms with Crippen LogP contribution < -0.4 is 5.32 Å². The molecule has 30 heavy (non-hydrogen) atoms. The van der Waals surface area contributed by atoms with Gasteiger partial charge >= 0.3 is 18.0 Å². The van der Waals surface area contributed by atoms with Crippen LogP contribution in [0, 0.1) is 5.82 Å².